The maximum Gasteiger partial charge on any atom is 0.256 e. The van der Waals surface area contributed by atoms with E-state index in [1.165, 1.54) is 16.9 Å². The molecule has 5 heteroatoms. The SMILES string of the molecule is CCN(CC)C(=O)c1c(C)nc2sc3c(c2c1-c1ccco1)CC[C@@H](C)C3. The lowest BCUT2D eigenvalue weighted by atomic mass is 9.87. The summed E-state index contributed by atoms with van der Waals surface area (Å²) in [6.45, 7) is 9.66. The summed E-state index contributed by atoms with van der Waals surface area (Å²) >= 11 is 1.79. The van der Waals surface area contributed by atoms with E-state index in [0.29, 0.717) is 24.6 Å². The Labute approximate surface area is 164 Å². The second kappa shape index (κ2) is 7.12. The Morgan fingerprint density at radius 1 is 1.37 bits per heavy atom. The molecule has 0 aromatic carbocycles. The number of carbonyl (C=O) groups excluding carboxylic acids is 1. The smallest absolute Gasteiger partial charge is 0.256 e. The van der Waals surface area contributed by atoms with Crippen molar-refractivity contribution in [3.63, 3.8) is 0 Å². The number of carbonyl (C=O) groups is 1. The molecule has 142 valence electrons. The van der Waals surface area contributed by atoms with Crippen molar-refractivity contribution in [3.8, 4) is 11.3 Å². The molecule has 1 amide bonds. The van der Waals surface area contributed by atoms with E-state index >= 15 is 0 Å². The molecule has 4 rings (SSSR count). The van der Waals surface area contributed by atoms with Crippen LogP contribution in [0.15, 0.2) is 22.8 Å². The first-order valence-corrected chi connectivity index (χ1v) is 10.6. The van der Waals surface area contributed by atoms with Gasteiger partial charge in [-0.25, -0.2) is 4.98 Å². The van der Waals surface area contributed by atoms with Crippen LogP contribution in [0, 0.1) is 12.8 Å². The average Bonchev–Trinajstić information content (AvgIpc) is 3.28. The highest BCUT2D eigenvalue weighted by Gasteiger charge is 2.29. The first-order valence-electron chi connectivity index (χ1n) is 9.83. The first kappa shape index (κ1) is 18.2. The van der Waals surface area contributed by atoms with Gasteiger partial charge in [-0.05, 0) is 63.6 Å². The van der Waals surface area contributed by atoms with Gasteiger partial charge in [0, 0.05) is 28.9 Å². The minimum atomic E-state index is 0.0439. The molecule has 3 aromatic heterocycles. The predicted molar refractivity (Wildman–Crippen MR) is 110 cm³/mol. The molecule has 4 nitrogen and oxygen atoms in total. The van der Waals surface area contributed by atoms with E-state index in [9.17, 15) is 4.79 Å². The number of fused-ring (bicyclic) bond motifs is 3. The molecule has 1 aliphatic rings. The number of hydrogen-bond donors (Lipinski definition) is 0. The van der Waals surface area contributed by atoms with Gasteiger partial charge >= 0.3 is 0 Å². The predicted octanol–water partition coefficient (Wildman–Crippen LogP) is 5.47. The van der Waals surface area contributed by atoms with Crippen LogP contribution in [0.25, 0.3) is 21.5 Å². The molecule has 0 aliphatic heterocycles. The highest BCUT2D eigenvalue weighted by atomic mass is 32.1. The zero-order valence-electron chi connectivity index (χ0n) is 16.5. The fourth-order valence-corrected chi connectivity index (χ4v) is 5.62. The second-order valence-electron chi connectivity index (χ2n) is 7.43. The van der Waals surface area contributed by atoms with Crippen molar-refractivity contribution in [1.82, 2.24) is 9.88 Å². The lowest BCUT2D eigenvalue weighted by Crippen LogP contribution is -2.31. The van der Waals surface area contributed by atoms with Crippen LogP contribution in [0.3, 0.4) is 0 Å². The van der Waals surface area contributed by atoms with Crippen LogP contribution in [0.4, 0.5) is 0 Å². The Balaban J connectivity index is 2.04. The monoisotopic (exact) mass is 382 g/mol. The number of hydrogen-bond acceptors (Lipinski definition) is 4. The number of furan rings is 1. The molecule has 0 spiro atoms. The minimum absolute atomic E-state index is 0.0439. The molecule has 3 heterocycles. The zero-order chi connectivity index (χ0) is 19.1. The molecule has 0 saturated carbocycles. The maximum atomic E-state index is 13.4. The lowest BCUT2D eigenvalue weighted by Gasteiger charge is -2.22. The maximum absolute atomic E-state index is 13.4. The normalized spacial score (nSPS) is 16.5. The summed E-state index contributed by atoms with van der Waals surface area (Å²) in [5.41, 5.74) is 3.80. The summed E-state index contributed by atoms with van der Waals surface area (Å²) < 4.78 is 5.81. The van der Waals surface area contributed by atoms with Gasteiger partial charge in [-0.2, -0.15) is 0 Å². The van der Waals surface area contributed by atoms with Gasteiger partial charge in [-0.15, -0.1) is 11.3 Å². The summed E-state index contributed by atoms with van der Waals surface area (Å²) in [6.07, 6.45) is 5.02. The van der Waals surface area contributed by atoms with Crippen LogP contribution in [-0.4, -0.2) is 28.9 Å². The van der Waals surface area contributed by atoms with E-state index in [1.807, 2.05) is 37.8 Å². The Morgan fingerprint density at radius 2 is 2.15 bits per heavy atom. The van der Waals surface area contributed by atoms with Crippen molar-refractivity contribution in [2.24, 2.45) is 5.92 Å². The van der Waals surface area contributed by atoms with Crippen LogP contribution in [0.2, 0.25) is 0 Å². The van der Waals surface area contributed by atoms with E-state index in [0.717, 1.165) is 40.1 Å². The van der Waals surface area contributed by atoms with Crippen LogP contribution in [0.1, 0.15) is 53.7 Å². The molecule has 27 heavy (non-hydrogen) atoms. The van der Waals surface area contributed by atoms with Gasteiger partial charge in [-0.1, -0.05) is 6.92 Å². The van der Waals surface area contributed by atoms with Crippen molar-refractivity contribution >= 4 is 27.5 Å². The van der Waals surface area contributed by atoms with Crippen molar-refractivity contribution in [3.05, 3.63) is 40.1 Å². The van der Waals surface area contributed by atoms with Crippen LogP contribution in [0.5, 0.6) is 0 Å². The summed E-state index contributed by atoms with van der Waals surface area (Å²) in [4.78, 5) is 22.6. The number of amides is 1. The number of aryl methyl sites for hydroxylation is 2. The summed E-state index contributed by atoms with van der Waals surface area (Å²) in [5, 5.41) is 1.14. The second-order valence-corrected chi connectivity index (χ2v) is 8.52. The molecular weight excluding hydrogens is 356 g/mol. The largest absolute Gasteiger partial charge is 0.464 e. The minimum Gasteiger partial charge on any atom is -0.464 e. The van der Waals surface area contributed by atoms with Gasteiger partial charge in [0.15, 0.2) is 0 Å². The lowest BCUT2D eigenvalue weighted by molar-refractivity contribution is 0.0772. The molecule has 0 radical (unpaired) electrons. The topological polar surface area (TPSA) is 46.3 Å². The summed E-state index contributed by atoms with van der Waals surface area (Å²) in [6, 6.07) is 3.85. The highest BCUT2D eigenvalue weighted by molar-refractivity contribution is 7.19. The molecule has 1 aliphatic carbocycles. The van der Waals surface area contributed by atoms with E-state index in [-0.39, 0.29) is 5.91 Å². The van der Waals surface area contributed by atoms with Crippen LogP contribution >= 0.6 is 11.3 Å². The molecule has 0 saturated heterocycles. The van der Waals surface area contributed by atoms with Crippen molar-refractivity contribution in [1.29, 1.82) is 0 Å². The number of rotatable bonds is 4. The molecule has 3 aromatic rings. The Morgan fingerprint density at radius 3 is 2.81 bits per heavy atom. The van der Waals surface area contributed by atoms with Crippen LogP contribution in [-0.2, 0) is 12.8 Å². The fraction of sp³-hybridized carbons (Fsp3) is 0.455. The Kier molecular flexibility index (Phi) is 4.81. The summed E-state index contributed by atoms with van der Waals surface area (Å²) in [7, 11) is 0. The Hall–Kier alpha value is -2.14. The van der Waals surface area contributed by atoms with E-state index < -0.39 is 0 Å². The zero-order valence-corrected chi connectivity index (χ0v) is 17.3. The van der Waals surface area contributed by atoms with E-state index in [4.69, 9.17) is 9.40 Å². The van der Waals surface area contributed by atoms with Crippen molar-refractivity contribution < 1.29 is 9.21 Å². The third-order valence-corrected chi connectivity index (χ3v) is 6.80. The van der Waals surface area contributed by atoms with Gasteiger partial charge in [0.05, 0.1) is 17.5 Å². The molecular formula is C22H26N2O2S. The highest BCUT2D eigenvalue weighted by Crippen LogP contribution is 2.44. The van der Waals surface area contributed by atoms with Crippen molar-refractivity contribution in [2.75, 3.05) is 13.1 Å². The van der Waals surface area contributed by atoms with Gasteiger partial charge in [0.25, 0.3) is 5.91 Å². The first-order chi connectivity index (χ1) is 13.0. The van der Waals surface area contributed by atoms with E-state index in [2.05, 4.69) is 6.92 Å². The molecule has 1 atom stereocenters. The van der Waals surface area contributed by atoms with Gasteiger partial charge in [-0.3, -0.25) is 4.79 Å². The number of thiophene rings is 1. The number of aromatic nitrogens is 1. The third-order valence-electron chi connectivity index (χ3n) is 5.66. The fourth-order valence-electron chi connectivity index (χ4n) is 4.18. The van der Waals surface area contributed by atoms with Crippen LogP contribution < -0.4 is 0 Å². The Bertz CT molecular complexity index is 984. The molecule has 0 unspecified atom stereocenters. The van der Waals surface area contributed by atoms with Gasteiger partial charge < -0.3 is 9.32 Å². The molecule has 0 N–H and O–H groups in total. The average molecular weight is 383 g/mol. The summed E-state index contributed by atoms with van der Waals surface area (Å²) in [5.74, 6) is 1.51. The van der Waals surface area contributed by atoms with Crippen molar-refractivity contribution in [2.45, 2.75) is 47.0 Å². The number of pyridine rings is 1. The van der Waals surface area contributed by atoms with E-state index in [1.54, 1.807) is 17.6 Å². The van der Waals surface area contributed by atoms with Gasteiger partial charge in [0.1, 0.15) is 10.6 Å². The number of nitrogens with zero attached hydrogens (tertiary/aromatic N) is 2. The molecule has 0 bridgehead atoms. The molecule has 0 fully saturated rings. The van der Waals surface area contributed by atoms with Gasteiger partial charge in [0.2, 0.25) is 0 Å². The quantitative estimate of drug-likeness (QED) is 0.601. The third kappa shape index (κ3) is 2.98. The standard InChI is InChI=1S/C22H26N2O2S/c1-5-24(6-2)22(25)18-14(4)23-21-19(20(18)16-8-7-11-26-16)15-10-9-13(3)12-17(15)27-21/h7-8,11,13H,5-6,9-10,12H2,1-4H3/t13-/m1/s1.